The van der Waals surface area contributed by atoms with Gasteiger partial charge in [0.15, 0.2) is 11.2 Å². The van der Waals surface area contributed by atoms with E-state index in [1.807, 2.05) is 53.1 Å². The van der Waals surface area contributed by atoms with Crippen molar-refractivity contribution in [2.75, 3.05) is 18.0 Å². The molecule has 4 aromatic rings. The smallest absolute Gasteiger partial charge is 0.337 e. The molecule has 0 spiro atoms. The van der Waals surface area contributed by atoms with Crippen LogP contribution in [0.25, 0.3) is 16.9 Å². The third-order valence-electron chi connectivity index (χ3n) is 6.35. The Morgan fingerprint density at radius 3 is 2.59 bits per heavy atom. The fourth-order valence-corrected chi connectivity index (χ4v) is 4.61. The molecular weight excluding hydrogens is 430 g/mol. The number of hydrogen-bond donors (Lipinski definition) is 1. The van der Waals surface area contributed by atoms with Crippen molar-refractivity contribution in [3.8, 4) is 11.8 Å². The predicted molar refractivity (Wildman–Crippen MR) is 130 cm³/mol. The Balaban J connectivity index is 1.83. The number of nitrogens with two attached hydrogens (primary N) is 1. The molecule has 1 atom stereocenters. The maximum Gasteiger partial charge on any atom is 0.337 e. The highest BCUT2D eigenvalue weighted by Gasteiger charge is 2.27. The number of rotatable bonds is 4. The molecule has 0 radical (unpaired) electrons. The van der Waals surface area contributed by atoms with E-state index in [0.717, 1.165) is 29.5 Å². The topological polar surface area (TPSA) is 115 Å². The normalized spacial score (nSPS) is 16.0. The summed E-state index contributed by atoms with van der Waals surface area (Å²) in [4.78, 5) is 33.6. The highest BCUT2D eigenvalue weighted by atomic mass is 16.2. The first-order valence-electron chi connectivity index (χ1n) is 11.3. The van der Waals surface area contributed by atoms with E-state index in [-0.39, 0.29) is 12.6 Å². The van der Waals surface area contributed by atoms with Crippen molar-refractivity contribution >= 4 is 17.1 Å². The van der Waals surface area contributed by atoms with Crippen molar-refractivity contribution in [1.82, 2.24) is 18.7 Å². The average Bonchev–Trinajstić information content (AvgIpc) is 3.22. The van der Waals surface area contributed by atoms with Gasteiger partial charge in [0.25, 0.3) is 5.56 Å². The molecule has 2 N–H and O–H groups in total. The molecule has 3 heterocycles. The number of benzene rings is 2. The lowest BCUT2D eigenvalue weighted by molar-refractivity contribution is 0.495. The monoisotopic (exact) mass is 455 g/mol. The van der Waals surface area contributed by atoms with E-state index < -0.39 is 11.2 Å². The van der Waals surface area contributed by atoms with Crippen molar-refractivity contribution in [2.24, 2.45) is 12.8 Å². The third-order valence-corrected chi connectivity index (χ3v) is 6.35. The van der Waals surface area contributed by atoms with Gasteiger partial charge in [0.1, 0.15) is 0 Å². The van der Waals surface area contributed by atoms with Crippen LogP contribution in [0.3, 0.4) is 0 Å². The van der Waals surface area contributed by atoms with Crippen LogP contribution in [0, 0.1) is 11.3 Å². The van der Waals surface area contributed by atoms with Gasteiger partial charge in [-0.25, -0.2) is 9.36 Å². The number of anilines is 1. The Morgan fingerprint density at radius 2 is 1.85 bits per heavy atom. The Hall–Kier alpha value is -4.16. The first-order valence-corrected chi connectivity index (χ1v) is 11.3. The van der Waals surface area contributed by atoms with Crippen LogP contribution < -0.4 is 21.9 Å². The zero-order valence-electron chi connectivity index (χ0n) is 18.9. The van der Waals surface area contributed by atoms with Gasteiger partial charge in [-0.1, -0.05) is 36.4 Å². The van der Waals surface area contributed by atoms with E-state index in [1.165, 1.54) is 11.6 Å². The highest BCUT2D eigenvalue weighted by Crippen LogP contribution is 2.26. The van der Waals surface area contributed by atoms with Gasteiger partial charge in [0, 0.05) is 26.2 Å². The number of para-hydroxylation sites is 1. The van der Waals surface area contributed by atoms with Crippen molar-refractivity contribution in [1.29, 1.82) is 5.26 Å². The predicted octanol–water partition coefficient (Wildman–Crippen LogP) is 1.73. The molecule has 34 heavy (non-hydrogen) atoms. The summed E-state index contributed by atoms with van der Waals surface area (Å²) in [5.41, 5.74) is 7.89. The average molecular weight is 456 g/mol. The zero-order valence-corrected chi connectivity index (χ0v) is 18.9. The molecule has 1 aliphatic rings. The molecular formula is C25H25N7O2. The molecule has 9 heteroatoms. The summed E-state index contributed by atoms with van der Waals surface area (Å²) in [7, 11) is 1.47. The first-order chi connectivity index (χ1) is 16.5. The second kappa shape index (κ2) is 8.65. The quantitative estimate of drug-likeness (QED) is 0.501. The second-order valence-electron chi connectivity index (χ2n) is 8.61. The summed E-state index contributed by atoms with van der Waals surface area (Å²) in [6.07, 6.45) is 1.83. The van der Waals surface area contributed by atoms with Gasteiger partial charge in [0.2, 0.25) is 5.95 Å². The molecule has 0 saturated carbocycles. The summed E-state index contributed by atoms with van der Waals surface area (Å²) in [6, 6.07) is 18.7. The molecule has 1 unspecified atom stereocenters. The summed E-state index contributed by atoms with van der Waals surface area (Å²) in [6.45, 7) is 1.61. The Kier molecular flexibility index (Phi) is 5.51. The third kappa shape index (κ3) is 3.58. The number of hydrogen-bond acceptors (Lipinski definition) is 6. The maximum atomic E-state index is 13.4. The number of nitrogens with zero attached hydrogens (tertiary/aromatic N) is 6. The van der Waals surface area contributed by atoms with E-state index in [0.29, 0.717) is 34.9 Å². The van der Waals surface area contributed by atoms with Gasteiger partial charge in [0.05, 0.1) is 23.9 Å². The molecule has 1 fully saturated rings. The Morgan fingerprint density at radius 1 is 1.12 bits per heavy atom. The number of aromatic nitrogens is 4. The molecule has 9 nitrogen and oxygen atoms in total. The Bertz CT molecular complexity index is 1530. The minimum atomic E-state index is -0.465. The van der Waals surface area contributed by atoms with E-state index in [9.17, 15) is 14.9 Å². The number of piperidine rings is 1. The number of fused-ring (bicyclic) bond motifs is 1. The molecule has 5 rings (SSSR count). The molecule has 1 aliphatic heterocycles. The number of nitriles is 1. The maximum absolute atomic E-state index is 13.4. The molecule has 2 aromatic heterocycles. The van der Waals surface area contributed by atoms with Crippen LogP contribution in [-0.4, -0.2) is 37.8 Å². The van der Waals surface area contributed by atoms with Gasteiger partial charge in [-0.3, -0.25) is 13.9 Å². The van der Waals surface area contributed by atoms with Gasteiger partial charge in [-0.05, 0) is 36.6 Å². The van der Waals surface area contributed by atoms with E-state index in [4.69, 9.17) is 10.7 Å². The van der Waals surface area contributed by atoms with Crippen LogP contribution >= 0.6 is 0 Å². The van der Waals surface area contributed by atoms with E-state index in [2.05, 4.69) is 11.0 Å². The van der Waals surface area contributed by atoms with Crippen molar-refractivity contribution < 1.29 is 0 Å². The Labute approximate surface area is 195 Å². The molecule has 172 valence electrons. The molecule has 0 aliphatic carbocycles. The largest absolute Gasteiger partial charge is 0.341 e. The molecule has 1 saturated heterocycles. The first kappa shape index (κ1) is 21.7. The van der Waals surface area contributed by atoms with Gasteiger partial charge >= 0.3 is 5.69 Å². The van der Waals surface area contributed by atoms with Crippen LogP contribution in [0.1, 0.15) is 24.0 Å². The van der Waals surface area contributed by atoms with E-state index in [1.54, 1.807) is 6.07 Å². The molecule has 0 amide bonds. The van der Waals surface area contributed by atoms with Gasteiger partial charge in [-0.15, -0.1) is 0 Å². The number of imidazole rings is 1. The van der Waals surface area contributed by atoms with Crippen LogP contribution in [0.5, 0.6) is 0 Å². The van der Waals surface area contributed by atoms with E-state index >= 15 is 0 Å². The molecule has 2 aromatic carbocycles. The lowest BCUT2D eigenvalue weighted by Crippen LogP contribution is -2.44. The van der Waals surface area contributed by atoms with Crippen molar-refractivity contribution in [2.45, 2.75) is 25.4 Å². The SMILES string of the molecule is Cn1c(=O)c2c(nc(N3CCCC(N)C3)n2Cc2ccccc2C#N)n(-c2ccccc2)c1=O. The molecule has 0 bridgehead atoms. The lowest BCUT2D eigenvalue weighted by Gasteiger charge is -2.32. The van der Waals surface area contributed by atoms with Crippen molar-refractivity contribution in [3.05, 3.63) is 86.6 Å². The van der Waals surface area contributed by atoms with Crippen LogP contribution in [0.2, 0.25) is 0 Å². The van der Waals surface area contributed by atoms with Crippen LogP contribution in [-0.2, 0) is 13.6 Å². The van der Waals surface area contributed by atoms with Gasteiger partial charge in [-0.2, -0.15) is 10.2 Å². The summed E-state index contributed by atoms with van der Waals surface area (Å²) in [5, 5.41) is 9.63. The summed E-state index contributed by atoms with van der Waals surface area (Å²) < 4.78 is 4.40. The van der Waals surface area contributed by atoms with Crippen LogP contribution in [0.4, 0.5) is 5.95 Å². The summed E-state index contributed by atoms with van der Waals surface area (Å²) in [5.74, 6) is 0.574. The second-order valence-corrected chi connectivity index (χ2v) is 8.61. The summed E-state index contributed by atoms with van der Waals surface area (Å²) >= 11 is 0. The minimum Gasteiger partial charge on any atom is -0.341 e. The highest BCUT2D eigenvalue weighted by molar-refractivity contribution is 5.77. The lowest BCUT2D eigenvalue weighted by atomic mass is 10.1. The standard InChI is InChI=1S/C25H25N7O2/c1-29-23(33)21-22(32(25(29)34)20-11-3-2-4-12-20)28-24(30-13-7-10-19(27)16-30)31(21)15-18-9-6-5-8-17(18)14-26/h2-6,8-9,11-12,19H,7,10,13,15-16,27H2,1H3. The van der Waals surface area contributed by atoms with Gasteiger partial charge < -0.3 is 10.6 Å². The fourth-order valence-electron chi connectivity index (χ4n) is 4.61. The minimum absolute atomic E-state index is 0.00689. The van der Waals surface area contributed by atoms with Crippen LogP contribution in [0.15, 0.2) is 64.2 Å². The zero-order chi connectivity index (χ0) is 23.8. The fraction of sp³-hybridized carbons (Fsp3) is 0.280. The van der Waals surface area contributed by atoms with Crippen molar-refractivity contribution in [3.63, 3.8) is 0 Å².